The van der Waals surface area contributed by atoms with Crippen LogP contribution in [0.4, 0.5) is 0 Å². The predicted molar refractivity (Wildman–Crippen MR) is 82.5 cm³/mol. The maximum absolute atomic E-state index is 12.6. The van der Waals surface area contributed by atoms with Gasteiger partial charge < -0.3 is 4.90 Å². The van der Waals surface area contributed by atoms with Gasteiger partial charge in [-0.25, -0.2) is 0 Å². The molecular formula is C16H22BrNO. The first kappa shape index (κ1) is 14.6. The van der Waals surface area contributed by atoms with E-state index in [-0.39, 0.29) is 5.91 Å². The zero-order valence-corrected chi connectivity index (χ0v) is 13.4. The maximum Gasteiger partial charge on any atom is 0.254 e. The molecule has 1 aromatic rings. The third kappa shape index (κ3) is 3.38. The molecule has 19 heavy (non-hydrogen) atoms. The minimum atomic E-state index is 0.185. The Hall–Kier alpha value is -0.830. The maximum atomic E-state index is 12.6. The molecule has 1 aliphatic rings. The van der Waals surface area contributed by atoms with Crippen LogP contribution < -0.4 is 0 Å². The molecule has 1 fully saturated rings. The van der Waals surface area contributed by atoms with Gasteiger partial charge in [0.05, 0.1) is 0 Å². The monoisotopic (exact) mass is 323 g/mol. The number of nitrogens with zero attached hydrogens (tertiary/aromatic N) is 1. The van der Waals surface area contributed by atoms with Crippen LogP contribution in [-0.4, -0.2) is 23.4 Å². The van der Waals surface area contributed by atoms with Crippen LogP contribution in [-0.2, 0) is 0 Å². The van der Waals surface area contributed by atoms with Gasteiger partial charge in [0.25, 0.3) is 5.91 Å². The van der Waals surface area contributed by atoms with Crippen molar-refractivity contribution < 1.29 is 4.79 Å². The van der Waals surface area contributed by atoms with Gasteiger partial charge in [-0.1, -0.05) is 35.2 Å². The van der Waals surface area contributed by atoms with Crippen molar-refractivity contribution in [2.24, 2.45) is 0 Å². The first-order chi connectivity index (χ1) is 9.13. The quantitative estimate of drug-likeness (QED) is 0.798. The highest BCUT2D eigenvalue weighted by molar-refractivity contribution is 9.10. The molecule has 0 heterocycles. The van der Waals surface area contributed by atoms with Gasteiger partial charge >= 0.3 is 0 Å². The minimum absolute atomic E-state index is 0.185. The highest BCUT2D eigenvalue weighted by Crippen LogP contribution is 2.25. The molecule has 0 unspecified atom stereocenters. The van der Waals surface area contributed by atoms with Gasteiger partial charge in [-0.15, -0.1) is 0 Å². The van der Waals surface area contributed by atoms with Gasteiger partial charge in [0.1, 0.15) is 0 Å². The smallest absolute Gasteiger partial charge is 0.254 e. The third-order valence-electron chi connectivity index (χ3n) is 4.02. The zero-order chi connectivity index (χ0) is 13.8. The molecule has 1 aromatic carbocycles. The molecule has 0 aromatic heterocycles. The normalized spacial score (nSPS) is 16.4. The van der Waals surface area contributed by atoms with E-state index in [2.05, 4.69) is 27.8 Å². The summed E-state index contributed by atoms with van der Waals surface area (Å²) < 4.78 is 1.06. The summed E-state index contributed by atoms with van der Waals surface area (Å²) >= 11 is 3.48. The van der Waals surface area contributed by atoms with E-state index in [0.717, 1.165) is 35.0 Å². The summed E-state index contributed by atoms with van der Waals surface area (Å²) in [5.41, 5.74) is 1.93. The van der Waals surface area contributed by atoms with Crippen molar-refractivity contribution in [3.05, 3.63) is 33.8 Å². The number of carbonyl (C=O) groups excluding carboxylic acids is 1. The second-order valence-electron chi connectivity index (χ2n) is 5.35. The molecule has 0 atom stereocenters. The van der Waals surface area contributed by atoms with Crippen LogP contribution in [0.15, 0.2) is 22.7 Å². The van der Waals surface area contributed by atoms with Crippen molar-refractivity contribution in [3.8, 4) is 0 Å². The Balaban J connectivity index is 2.17. The molecule has 2 nitrogen and oxygen atoms in total. The number of carbonyl (C=O) groups is 1. The summed E-state index contributed by atoms with van der Waals surface area (Å²) in [5.74, 6) is 0.185. The third-order valence-corrected chi connectivity index (χ3v) is 4.91. The van der Waals surface area contributed by atoms with Crippen LogP contribution in [0.3, 0.4) is 0 Å². The summed E-state index contributed by atoms with van der Waals surface area (Å²) in [6.45, 7) is 4.91. The molecule has 104 valence electrons. The van der Waals surface area contributed by atoms with Crippen LogP contribution in [0.25, 0.3) is 0 Å². The van der Waals surface area contributed by atoms with Crippen molar-refractivity contribution >= 4 is 21.8 Å². The lowest BCUT2D eigenvalue weighted by molar-refractivity contribution is 0.0648. The molecule has 0 N–H and O–H groups in total. The molecule has 0 saturated heterocycles. The summed E-state index contributed by atoms with van der Waals surface area (Å²) in [6.07, 6.45) is 6.16. The van der Waals surface area contributed by atoms with Crippen LogP contribution in [0.1, 0.15) is 54.9 Å². The van der Waals surface area contributed by atoms with E-state index < -0.39 is 0 Å². The SMILES string of the molecule is CCN(C(=O)c1ccc(Br)c(C)c1)C1CCCCC1. The van der Waals surface area contributed by atoms with Crippen molar-refractivity contribution in [1.29, 1.82) is 0 Å². The van der Waals surface area contributed by atoms with Crippen molar-refractivity contribution in [2.75, 3.05) is 6.54 Å². The van der Waals surface area contributed by atoms with Crippen LogP contribution >= 0.6 is 15.9 Å². The fraction of sp³-hybridized carbons (Fsp3) is 0.562. The molecule has 1 aliphatic carbocycles. The van der Waals surface area contributed by atoms with Gasteiger partial charge in [0.15, 0.2) is 0 Å². The van der Waals surface area contributed by atoms with E-state index >= 15 is 0 Å². The number of rotatable bonds is 3. The number of hydrogen-bond acceptors (Lipinski definition) is 1. The van der Waals surface area contributed by atoms with E-state index in [1.165, 1.54) is 19.3 Å². The molecule has 2 rings (SSSR count). The molecule has 3 heteroatoms. The summed E-state index contributed by atoms with van der Waals surface area (Å²) in [7, 11) is 0. The largest absolute Gasteiger partial charge is 0.336 e. The number of amides is 1. The number of halogens is 1. The predicted octanol–water partition coefficient (Wildman–Crippen LogP) is 4.55. The standard InChI is InChI=1S/C16H22BrNO/c1-3-18(14-7-5-4-6-8-14)16(19)13-9-10-15(17)12(2)11-13/h9-11,14H,3-8H2,1-2H3. The Morgan fingerprint density at radius 2 is 2.00 bits per heavy atom. The van der Waals surface area contributed by atoms with Crippen molar-refractivity contribution in [2.45, 2.75) is 52.0 Å². The topological polar surface area (TPSA) is 20.3 Å². The van der Waals surface area contributed by atoms with Crippen molar-refractivity contribution in [3.63, 3.8) is 0 Å². The number of benzene rings is 1. The first-order valence-electron chi connectivity index (χ1n) is 7.20. The molecule has 0 radical (unpaired) electrons. The lowest BCUT2D eigenvalue weighted by Crippen LogP contribution is -2.41. The van der Waals surface area contributed by atoms with Crippen LogP contribution in [0.2, 0.25) is 0 Å². The van der Waals surface area contributed by atoms with Gasteiger partial charge in [0, 0.05) is 22.6 Å². The molecule has 1 amide bonds. The van der Waals surface area contributed by atoms with Crippen molar-refractivity contribution in [1.82, 2.24) is 4.90 Å². The van der Waals surface area contributed by atoms with E-state index in [0.29, 0.717) is 6.04 Å². The van der Waals surface area contributed by atoms with Gasteiger partial charge in [-0.3, -0.25) is 4.79 Å². The van der Waals surface area contributed by atoms with Gasteiger partial charge in [-0.2, -0.15) is 0 Å². The highest BCUT2D eigenvalue weighted by atomic mass is 79.9. The van der Waals surface area contributed by atoms with E-state index in [4.69, 9.17) is 0 Å². The second-order valence-corrected chi connectivity index (χ2v) is 6.20. The minimum Gasteiger partial charge on any atom is -0.336 e. The molecule has 0 aliphatic heterocycles. The van der Waals surface area contributed by atoms with Crippen LogP contribution in [0, 0.1) is 6.92 Å². The van der Waals surface area contributed by atoms with E-state index in [9.17, 15) is 4.79 Å². The van der Waals surface area contributed by atoms with Gasteiger partial charge in [0.2, 0.25) is 0 Å². The lowest BCUT2D eigenvalue weighted by atomic mass is 9.93. The highest BCUT2D eigenvalue weighted by Gasteiger charge is 2.24. The molecule has 0 spiro atoms. The summed E-state index contributed by atoms with van der Waals surface area (Å²) in [4.78, 5) is 14.7. The average Bonchev–Trinajstić information content (AvgIpc) is 2.44. The Labute approximate surface area is 124 Å². The number of hydrogen-bond donors (Lipinski definition) is 0. The molecular weight excluding hydrogens is 302 g/mol. The fourth-order valence-corrected chi connectivity index (χ4v) is 3.15. The van der Waals surface area contributed by atoms with Gasteiger partial charge in [-0.05, 0) is 50.5 Å². The zero-order valence-electron chi connectivity index (χ0n) is 11.8. The Morgan fingerprint density at radius 3 is 2.58 bits per heavy atom. The Morgan fingerprint density at radius 1 is 1.32 bits per heavy atom. The van der Waals surface area contributed by atoms with E-state index in [1.54, 1.807) is 0 Å². The summed E-state index contributed by atoms with van der Waals surface area (Å²) in [5, 5.41) is 0. The number of aryl methyl sites for hydroxylation is 1. The average molecular weight is 324 g/mol. The fourth-order valence-electron chi connectivity index (χ4n) is 2.90. The Kier molecular flexibility index (Phi) is 5.03. The molecule has 0 bridgehead atoms. The molecule has 1 saturated carbocycles. The van der Waals surface area contributed by atoms with E-state index in [1.807, 2.05) is 25.1 Å². The summed E-state index contributed by atoms with van der Waals surface area (Å²) in [6, 6.07) is 6.32. The lowest BCUT2D eigenvalue weighted by Gasteiger charge is -2.33. The van der Waals surface area contributed by atoms with Crippen LogP contribution in [0.5, 0.6) is 0 Å². The second kappa shape index (κ2) is 6.56. The first-order valence-corrected chi connectivity index (χ1v) is 8.00. The Bertz CT molecular complexity index is 452.